The number of hydrogen-bond donors (Lipinski definition) is 0. The van der Waals surface area contributed by atoms with Crippen molar-refractivity contribution in [3.8, 4) is 11.1 Å². The van der Waals surface area contributed by atoms with Gasteiger partial charge < -0.3 is 4.90 Å². The van der Waals surface area contributed by atoms with Gasteiger partial charge in [-0.15, -0.1) is 0 Å². The van der Waals surface area contributed by atoms with Crippen LogP contribution in [0, 0.1) is 20.8 Å². The Hall–Kier alpha value is -2.80. The van der Waals surface area contributed by atoms with Crippen molar-refractivity contribution in [2.24, 2.45) is 7.05 Å². The molecule has 3 aromatic rings. The second-order valence-corrected chi connectivity index (χ2v) is 9.59. The third-order valence-electron chi connectivity index (χ3n) is 5.76. The standard InChI is InChI=1S/C22H26N4O2S/c1-15-6-8-20-22(17(15)3)26(11-10-24(20)4)29(27,28)21-9-7-18(12-16(21)2)19-13-23-25(5)14-19/h6-9,12-14H,10-11H2,1-5H3. The van der Waals surface area contributed by atoms with Crippen molar-refractivity contribution in [1.29, 1.82) is 0 Å². The SMILES string of the molecule is Cc1cc(-c2cnn(C)c2)ccc1S(=O)(=O)N1CCN(C)c2ccc(C)c(C)c21. The first kappa shape index (κ1) is 19.5. The van der Waals surface area contributed by atoms with Gasteiger partial charge in [-0.05, 0) is 61.2 Å². The number of benzene rings is 2. The average molecular weight is 411 g/mol. The van der Waals surface area contributed by atoms with Gasteiger partial charge in [0.2, 0.25) is 0 Å². The predicted molar refractivity (Wildman–Crippen MR) is 117 cm³/mol. The average Bonchev–Trinajstić information content (AvgIpc) is 3.11. The lowest BCUT2D eigenvalue weighted by Crippen LogP contribution is -2.43. The molecule has 0 atom stereocenters. The molecule has 0 fully saturated rings. The zero-order valence-corrected chi connectivity index (χ0v) is 18.3. The Morgan fingerprint density at radius 2 is 1.69 bits per heavy atom. The van der Waals surface area contributed by atoms with E-state index in [1.165, 1.54) is 0 Å². The predicted octanol–water partition coefficient (Wildman–Crippen LogP) is 3.66. The van der Waals surface area contributed by atoms with Crippen LogP contribution in [0.25, 0.3) is 11.1 Å². The molecule has 0 bridgehead atoms. The molecule has 2 aromatic carbocycles. The summed E-state index contributed by atoms with van der Waals surface area (Å²) in [5.74, 6) is 0. The Kier molecular flexibility index (Phi) is 4.65. The van der Waals surface area contributed by atoms with E-state index in [-0.39, 0.29) is 0 Å². The van der Waals surface area contributed by atoms with E-state index in [0.29, 0.717) is 18.0 Å². The fourth-order valence-electron chi connectivity index (χ4n) is 3.93. The number of aromatic nitrogens is 2. The summed E-state index contributed by atoms with van der Waals surface area (Å²) in [6.45, 7) is 6.95. The maximum atomic E-state index is 13.7. The number of rotatable bonds is 3. The summed E-state index contributed by atoms with van der Waals surface area (Å²) < 4.78 is 30.7. The monoisotopic (exact) mass is 410 g/mol. The number of hydrogen-bond acceptors (Lipinski definition) is 4. The van der Waals surface area contributed by atoms with Crippen LogP contribution >= 0.6 is 0 Å². The lowest BCUT2D eigenvalue weighted by atomic mass is 10.0. The van der Waals surface area contributed by atoms with E-state index in [4.69, 9.17) is 0 Å². The van der Waals surface area contributed by atoms with Crippen LogP contribution in [0.4, 0.5) is 11.4 Å². The molecule has 152 valence electrons. The second kappa shape index (κ2) is 6.91. The van der Waals surface area contributed by atoms with Crippen LogP contribution in [0.15, 0.2) is 47.6 Å². The number of sulfonamides is 1. The summed E-state index contributed by atoms with van der Waals surface area (Å²) in [5.41, 5.74) is 6.49. The van der Waals surface area contributed by atoms with Crippen LogP contribution in [0.5, 0.6) is 0 Å². The minimum absolute atomic E-state index is 0.349. The molecule has 0 N–H and O–H groups in total. The molecular weight excluding hydrogens is 384 g/mol. The number of aryl methyl sites for hydroxylation is 3. The summed E-state index contributed by atoms with van der Waals surface area (Å²) in [6.07, 6.45) is 3.71. The zero-order chi connectivity index (χ0) is 20.9. The molecule has 7 heteroatoms. The highest BCUT2D eigenvalue weighted by molar-refractivity contribution is 7.93. The first-order valence-electron chi connectivity index (χ1n) is 9.64. The van der Waals surface area contributed by atoms with Gasteiger partial charge in [-0.25, -0.2) is 8.42 Å². The fraction of sp³-hybridized carbons (Fsp3) is 0.318. The highest BCUT2D eigenvalue weighted by atomic mass is 32.2. The van der Waals surface area contributed by atoms with Crippen molar-refractivity contribution < 1.29 is 8.42 Å². The fourth-order valence-corrected chi connectivity index (χ4v) is 5.67. The summed E-state index contributed by atoms with van der Waals surface area (Å²) in [4.78, 5) is 2.47. The summed E-state index contributed by atoms with van der Waals surface area (Å²) >= 11 is 0. The van der Waals surface area contributed by atoms with Crippen LogP contribution in [0.2, 0.25) is 0 Å². The molecule has 1 aliphatic heterocycles. The minimum Gasteiger partial charge on any atom is -0.371 e. The van der Waals surface area contributed by atoms with Gasteiger partial charge in [0.1, 0.15) is 0 Å². The molecule has 29 heavy (non-hydrogen) atoms. The molecule has 1 aromatic heterocycles. The smallest absolute Gasteiger partial charge is 0.264 e. The van der Waals surface area contributed by atoms with Crippen molar-refractivity contribution in [3.05, 3.63) is 59.4 Å². The molecule has 0 amide bonds. The van der Waals surface area contributed by atoms with Gasteiger partial charge in [0.25, 0.3) is 10.0 Å². The number of nitrogens with zero attached hydrogens (tertiary/aromatic N) is 4. The lowest BCUT2D eigenvalue weighted by molar-refractivity contribution is 0.588. The zero-order valence-electron chi connectivity index (χ0n) is 17.5. The topological polar surface area (TPSA) is 58.4 Å². The normalized spacial score (nSPS) is 14.2. The second-order valence-electron chi connectivity index (χ2n) is 7.76. The summed E-state index contributed by atoms with van der Waals surface area (Å²) in [5, 5.41) is 4.20. The molecule has 0 radical (unpaired) electrons. The molecular formula is C22H26N4O2S. The first-order chi connectivity index (χ1) is 13.7. The van der Waals surface area contributed by atoms with Gasteiger partial charge in [0.05, 0.1) is 29.0 Å². The molecule has 2 heterocycles. The van der Waals surface area contributed by atoms with Gasteiger partial charge in [-0.2, -0.15) is 5.10 Å². The molecule has 1 aliphatic rings. The van der Waals surface area contributed by atoms with Gasteiger partial charge in [-0.1, -0.05) is 12.1 Å². The van der Waals surface area contributed by atoms with Crippen molar-refractivity contribution in [1.82, 2.24) is 9.78 Å². The molecule has 0 aliphatic carbocycles. The Morgan fingerprint density at radius 3 is 2.34 bits per heavy atom. The van der Waals surface area contributed by atoms with Crippen molar-refractivity contribution in [3.63, 3.8) is 0 Å². The third-order valence-corrected chi connectivity index (χ3v) is 7.72. The maximum Gasteiger partial charge on any atom is 0.264 e. The summed E-state index contributed by atoms with van der Waals surface area (Å²) in [7, 11) is 0.194. The minimum atomic E-state index is -3.68. The van der Waals surface area contributed by atoms with E-state index in [9.17, 15) is 8.42 Å². The molecule has 4 rings (SSSR count). The van der Waals surface area contributed by atoms with E-state index in [2.05, 4.69) is 16.1 Å². The molecule has 0 saturated carbocycles. The Morgan fingerprint density at radius 1 is 0.931 bits per heavy atom. The third kappa shape index (κ3) is 3.19. The van der Waals surface area contributed by atoms with Crippen molar-refractivity contribution in [2.75, 3.05) is 29.3 Å². The Bertz CT molecular complexity index is 1200. The highest BCUT2D eigenvalue weighted by Gasteiger charge is 2.33. The number of anilines is 2. The van der Waals surface area contributed by atoms with Crippen LogP contribution in [0.3, 0.4) is 0 Å². The van der Waals surface area contributed by atoms with Crippen LogP contribution < -0.4 is 9.21 Å². The van der Waals surface area contributed by atoms with E-state index in [1.54, 1.807) is 21.3 Å². The van der Waals surface area contributed by atoms with E-state index in [0.717, 1.165) is 39.2 Å². The quantitative estimate of drug-likeness (QED) is 0.661. The van der Waals surface area contributed by atoms with Gasteiger partial charge in [0, 0.05) is 32.4 Å². The van der Waals surface area contributed by atoms with E-state index in [1.807, 2.05) is 59.3 Å². The van der Waals surface area contributed by atoms with Crippen LogP contribution in [0.1, 0.15) is 16.7 Å². The lowest BCUT2D eigenvalue weighted by Gasteiger charge is -2.38. The molecule has 0 saturated heterocycles. The van der Waals surface area contributed by atoms with E-state index < -0.39 is 10.0 Å². The van der Waals surface area contributed by atoms with Crippen molar-refractivity contribution in [2.45, 2.75) is 25.7 Å². The molecule has 0 unspecified atom stereocenters. The van der Waals surface area contributed by atoms with Crippen molar-refractivity contribution >= 4 is 21.4 Å². The Balaban J connectivity index is 1.81. The van der Waals surface area contributed by atoms with Crippen LogP contribution in [-0.4, -0.2) is 38.3 Å². The summed E-state index contributed by atoms with van der Waals surface area (Å²) in [6, 6.07) is 9.56. The van der Waals surface area contributed by atoms with Crippen LogP contribution in [-0.2, 0) is 17.1 Å². The van der Waals surface area contributed by atoms with Gasteiger partial charge >= 0.3 is 0 Å². The van der Waals surface area contributed by atoms with Gasteiger partial charge in [0.15, 0.2) is 0 Å². The Labute approximate surface area is 172 Å². The number of fused-ring (bicyclic) bond motifs is 1. The largest absolute Gasteiger partial charge is 0.371 e. The molecule has 6 nitrogen and oxygen atoms in total. The van der Waals surface area contributed by atoms with E-state index >= 15 is 0 Å². The maximum absolute atomic E-state index is 13.7. The highest BCUT2D eigenvalue weighted by Crippen LogP contribution is 2.40. The first-order valence-corrected chi connectivity index (χ1v) is 11.1. The molecule has 0 spiro atoms. The van der Waals surface area contributed by atoms with Gasteiger partial charge in [-0.3, -0.25) is 8.99 Å². The number of likely N-dealkylation sites (N-methyl/N-ethyl adjacent to an activating group) is 1.